The molecule has 1 N–H and O–H groups in total. The van der Waals surface area contributed by atoms with Gasteiger partial charge in [0.25, 0.3) is 6.43 Å². The topological polar surface area (TPSA) is 64.7 Å². The molecule has 0 aliphatic heterocycles. The maximum atomic E-state index is 13.1. The first-order chi connectivity index (χ1) is 14.3. The van der Waals surface area contributed by atoms with Gasteiger partial charge < -0.3 is 5.32 Å². The van der Waals surface area contributed by atoms with Crippen LogP contribution < -0.4 is 5.32 Å². The minimum Gasteiger partial charge on any atom is -0.307 e. The number of nitrogens with zero attached hydrogens (tertiary/aromatic N) is 4. The molecule has 2 heterocycles. The SMILES string of the molecule is O=C(Cn1nc(C(F)F)c(Cl)c1C1CC1)Nc1nn(Cc2ccc(F)cc2)cc1Br. The second-order valence-electron chi connectivity index (χ2n) is 7.01. The first kappa shape index (κ1) is 20.9. The second-order valence-corrected chi connectivity index (χ2v) is 8.25. The lowest BCUT2D eigenvalue weighted by molar-refractivity contribution is -0.117. The third kappa shape index (κ3) is 4.54. The van der Waals surface area contributed by atoms with Crippen molar-refractivity contribution in [2.24, 2.45) is 0 Å². The summed E-state index contributed by atoms with van der Waals surface area (Å²) in [4.78, 5) is 12.5. The predicted octanol–water partition coefficient (Wildman–Crippen LogP) is 5.14. The number of benzene rings is 1. The van der Waals surface area contributed by atoms with Gasteiger partial charge in [-0.25, -0.2) is 13.2 Å². The fourth-order valence-electron chi connectivity index (χ4n) is 3.13. The summed E-state index contributed by atoms with van der Waals surface area (Å²) in [5.41, 5.74) is 0.809. The normalized spacial score (nSPS) is 13.8. The van der Waals surface area contributed by atoms with Crippen molar-refractivity contribution in [3.8, 4) is 0 Å². The van der Waals surface area contributed by atoms with E-state index in [2.05, 4.69) is 31.4 Å². The van der Waals surface area contributed by atoms with Crippen LogP contribution in [0.25, 0.3) is 0 Å². The monoisotopic (exact) mass is 501 g/mol. The molecule has 1 fully saturated rings. The Bertz CT molecular complexity index is 1080. The molecule has 0 saturated heterocycles. The van der Waals surface area contributed by atoms with E-state index >= 15 is 0 Å². The summed E-state index contributed by atoms with van der Waals surface area (Å²) in [7, 11) is 0. The molecule has 0 atom stereocenters. The fraction of sp³-hybridized carbons (Fsp3) is 0.316. The summed E-state index contributed by atoms with van der Waals surface area (Å²) in [5, 5.41) is 10.7. The van der Waals surface area contributed by atoms with E-state index in [-0.39, 0.29) is 29.1 Å². The number of carbonyl (C=O) groups is 1. The number of carbonyl (C=O) groups excluding carboxylic acids is 1. The summed E-state index contributed by atoms with van der Waals surface area (Å²) >= 11 is 9.41. The summed E-state index contributed by atoms with van der Waals surface area (Å²) in [5.74, 6) is -0.466. The molecule has 3 aromatic rings. The van der Waals surface area contributed by atoms with E-state index in [0.717, 1.165) is 18.4 Å². The largest absolute Gasteiger partial charge is 0.307 e. The number of alkyl halides is 2. The lowest BCUT2D eigenvalue weighted by atomic mass is 10.2. The Labute approximate surface area is 183 Å². The van der Waals surface area contributed by atoms with E-state index < -0.39 is 18.0 Å². The lowest BCUT2D eigenvalue weighted by Gasteiger charge is -2.07. The number of amides is 1. The molecule has 1 saturated carbocycles. The summed E-state index contributed by atoms with van der Waals surface area (Å²) in [6.45, 7) is 0.128. The molecular formula is C19H16BrClF3N5O. The van der Waals surface area contributed by atoms with Gasteiger partial charge in [-0.2, -0.15) is 10.2 Å². The highest BCUT2D eigenvalue weighted by Crippen LogP contribution is 2.45. The van der Waals surface area contributed by atoms with Gasteiger partial charge in [-0.15, -0.1) is 0 Å². The van der Waals surface area contributed by atoms with Crippen LogP contribution >= 0.6 is 27.5 Å². The van der Waals surface area contributed by atoms with Gasteiger partial charge in [0, 0.05) is 12.1 Å². The van der Waals surface area contributed by atoms with Crippen molar-refractivity contribution in [1.29, 1.82) is 0 Å². The van der Waals surface area contributed by atoms with Crippen molar-refractivity contribution >= 4 is 39.3 Å². The molecular weight excluding hydrogens is 487 g/mol. The molecule has 4 rings (SSSR count). The molecule has 1 aliphatic rings. The van der Waals surface area contributed by atoms with Gasteiger partial charge in [0.2, 0.25) is 5.91 Å². The van der Waals surface area contributed by atoms with Gasteiger partial charge in [0.15, 0.2) is 5.82 Å². The molecule has 0 spiro atoms. The molecule has 6 nitrogen and oxygen atoms in total. The zero-order valence-corrected chi connectivity index (χ0v) is 17.8. The standard InChI is InChI=1S/C19H16BrClF3N5O/c20-13-8-28(7-10-1-5-12(22)6-2-10)27-19(13)25-14(30)9-29-17(11-3-4-11)15(21)16(26-29)18(23)24/h1-2,5-6,8,11,18H,3-4,7,9H2,(H,25,27,30). The molecule has 2 aromatic heterocycles. The molecule has 1 amide bonds. The third-order valence-corrected chi connectivity index (χ3v) is 5.62. The van der Waals surface area contributed by atoms with Crippen LogP contribution in [0.4, 0.5) is 19.0 Å². The molecule has 158 valence electrons. The smallest absolute Gasteiger partial charge is 0.283 e. The fourth-order valence-corrected chi connectivity index (χ4v) is 3.91. The molecule has 1 aliphatic carbocycles. The van der Waals surface area contributed by atoms with Crippen molar-refractivity contribution in [2.45, 2.75) is 38.3 Å². The van der Waals surface area contributed by atoms with E-state index in [1.807, 2.05) is 0 Å². The van der Waals surface area contributed by atoms with Gasteiger partial charge in [0.05, 0.1) is 21.7 Å². The Hall–Kier alpha value is -2.33. The summed E-state index contributed by atoms with van der Waals surface area (Å²) < 4.78 is 42.7. The van der Waals surface area contributed by atoms with E-state index in [1.165, 1.54) is 16.8 Å². The number of hydrogen-bond acceptors (Lipinski definition) is 3. The first-order valence-corrected chi connectivity index (χ1v) is 10.3. The second kappa shape index (κ2) is 8.43. The van der Waals surface area contributed by atoms with E-state index in [4.69, 9.17) is 11.6 Å². The number of rotatable bonds is 7. The van der Waals surface area contributed by atoms with Crippen molar-refractivity contribution in [3.63, 3.8) is 0 Å². The van der Waals surface area contributed by atoms with Crippen LogP contribution in [-0.4, -0.2) is 25.5 Å². The van der Waals surface area contributed by atoms with Crippen LogP contribution in [0.3, 0.4) is 0 Å². The Morgan fingerprint density at radius 3 is 2.60 bits per heavy atom. The minimum absolute atomic E-state index is 0.0481. The van der Waals surface area contributed by atoms with E-state index in [9.17, 15) is 18.0 Å². The first-order valence-electron chi connectivity index (χ1n) is 9.13. The van der Waals surface area contributed by atoms with Crippen molar-refractivity contribution in [3.05, 3.63) is 62.7 Å². The Morgan fingerprint density at radius 2 is 1.97 bits per heavy atom. The number of nitrogens with one attached hydrogen (secondary N) is 1. The average Bonchev–Trinajstić information content (AvgIpc) is 3.38. The molecule has 0 bridgehead atoms. The Kier molecular flexibility index (Phi) is 5.88. The highest BCUT2D eigenvalue weighted by atomic mass is 79.9. The lowest BCUT2D eigenvalue weighted by Crippen LogP contribution is -2.21. The van der Waals surface area contributed by atoms with E-state index in [0.29, 0.717) is 16.7 Å². The molecule has 1 aromatic carbocycles. The van der Waals surface area contributed by atoms with Gasteiger partial charge in [-0.05, 0) is 46.5 Å². The van der Waals surface area contributed by atoms with Gasteiger partial charge in [-0.3, -0.25) is 14.2 Å². The maximum absolute atomic E-state index is 13.1. The summed E-state index contributed by atoms with van der Waals surface area (Å²) in [6.07, 6.45) is 0.522. The quantitative estimate of drug-likeness (QED) is 0.487. The summed E-state index contributed by atoms with van der Waals surface area (Å²) in [6, 6.07) is 6.00. The number of hydrogen-bond donors (Lipinski definition) is 1. The predicted molar refractivity (Wildman–Crippen MR) is 108 cm³/mol. The van der Waals surface area contributed by atoms with Crippen LogP contribution in [0.1, 0.15) is 42.1 Å². The highest BCUT2D eigenvalue weighted by molar-refractivity contribution is 9.10. The zero-order valence-electron chi connectivity index (χ0n) is 15.5. The van der Waals surface area contributed by atoms with Gasteiger partial charge in [0.1, 0.15) is 18.1 Å². The number of halogens is 5. The number of aromatic nitrogens is 4. The van der Waals surface area contributed by atoms with Crippen LogP contribution in [0.5, 0.6) is 0 Å². The van der Waals surface area contributed by atoms with Gasteiger partial charge in [-0.1, -0.05) is 23.7 Å². The maximum Gasteiger partial charge on any atom is 0.283 e. The van der Waals surface area contributed by atoms with Crippen molar-refractivity contribution in [1.82, 2.24) is 19.6 Å². The van der Waals surface area contributed by atoms with Gasteiger partial charge >= 0.3 is 0 Å². The molecule has 0 unspecified atom stereocenters. The van der Waals surface area contributed by atoms with Crippen LogP contribution in [0.15, 0.2) is 34.9 Å². The van der Waals surface area contributed by atoms with Crippen LogP contribution in [-0.2, 0) is 17.9 Å². The Balaban J connectivity index is 1.46. The number of anilines is 1. The van der Waals surface area contributed by atoms with E-state index in [1.54, 1.807) is 23.0 Å². The average molecular weight is 503 g/mol. The van der Waals surface area contributed by atoms with Crippen LogP contribution in [0.2, 0.25) is 5.02 Å². The zero-order chi connectivity index (χ0) is 21.4. The highest BCUT2D eigenvalue weighted by Gasteiger charge is 2.34. The van der Waals surface area contributed by atoms with Crippen molar-refractivity contribution < 1.29 is 18.0 Å². The third-order valence-electron chi connectivity index (χ3n) is 4.65. The molecule has 11 heteroatoms. The van der Waals surface area contributed by atoms with Crippen molar-refractivity contribution in [2.75, 3.05) is 5.32 Å². The molecule has 0 radical (unpaired) electrons. The minimum atomic E-state index is -2.81. The molecule has 30 heavy (non-hydrogen) atoms. The Morgan fingerprint density at radius 1 is 1.27 bits per heavy atom. The van der Waals surface area contributed by atoms with Crippen LogP contribution in [0, 0.1) is 5.82 Å².